The van der Waals surface area contributed by atoms with E-state index in [1.807, 2.05) is 13.8 Å². The van der Waals surface area contributed by atoms with Crippen LogP contribution >= 0.6 is 0 Å². The first-order chi connectivity index (χ1) is 10.4. The van der Waals surface area contributed by atoms with Gasteiger partial charge in [-0.1, -0.05) is 0 Å². The van der Waals surface area contributed by atoms with Gasteiger partial charge in [0.15, 0.2) is 0 Å². The van der Waals surface area contributed by atoms with Crippen LogP contribution in [0.2, 0.25) is 0 Å². The summed E-state index contributed by atoms with van der Waals surface area (Å²) in [6.45, 7) is 3.65. The van der Waals surface area contributed by atoms with Gasteiger partial charge in [-0.2, -0.15) is 0 Å². The molecule has 3 rings (SSSR count). The Bertz CT molecular complexity index is 852. The molecule has 0 aromatic carbocycles. The quantitative estimate of drug-likeness (QED) is 0.626. The molecule has 112 valence electrons. The fourth-order valence-electron chi connectivity index (χ4n) is 2.32. The molecule has 0 radical (unpaired) electrons. The minimum absolute atomic E-state index is 0.157. The fourth-order valence-corrected chi connectivity index (χ4v) is 2.32. The first-order valence-corrected chi connectivity index (χ1v) is 6.62. The summed E-state index contributed by atoms with van der Waals surface area (Å²) in [7, 11) is 0. The summed E-state index contributed by atoms with van der Waals surface area (Å²) in [4.78, 5) is 26.7. The van der Waals surface area contributed by atoms with E-state index in [2.05, 4.69) is 4.98 Å². The Morgan fingerprint density at radius 1 is 1.32 bits per heavy atom. The van der Waals surface area contributed by atoms with Gasteiger partial charge < -0.3 is 4.74 Å². The van der Waals surface area contributed by atoms with Crippen LogP contribution in [-0.2, 0) is 0 Å². The molecule has 0 amide bonds. The smallest absolute Gasteiger partial charge is 0.286 e. The van der Waals surface area contributed by atoms with Crippen LogP contribution < -0.4 is 10.3 Å². The zero-order valence-electron chi connectivity index (χ0n) is 12.0. The van der Waals surface area contributed by atoms with Crippen molar-refractivity contribution in [1.29, 1.82) is 0 Å². The Kier molecular flexibility index (Phi) is 3.05. The average molecular weight is 299 g/mol. The van der Waals surface area contributed by atoms with E-state index in [0.717, 1.165) is 0 Å². The van der Waals surface area contributed by atoms with E-state index < -0.39 is 10.5 Å². The molecule has 0 saturated heterocycles. The Balaban J connectivity index is 2.26. The summed E-state index contributed by atoms with van der Waals surface area (Å²) in [5.41, 5.74) is -0.0575. The summed E-state index contributed by atoms with van der Waals surface area (Å²) in [5.74, 6) is 0.392. The lowest BCUT2D eigenvalue weighted by Crippen LogP contribution is -2.32. The highest BCUT2D eigenvalue weighted by Crippen LogP contribution is 2.34. The number of rotatable bonds is 2. The second-order valence-electron chi connectivity index (χ2n) is 5.44. The molecule has 0 N–H and O–H groups in total. The molecule has 0 unspecified atom stereocenters. The van der Waals surface area contributed by atoms with Gasteiger partial charge in [-0.25, -0.2) is 4.98 Å². The maximum absolute atomic E-state index is 12.2. The second kappa shape index (κ2) is 4.80. The number of fused-ring (bicyclic) bond motifs is 1. The number of nitro groups is 1. The number of pyridine rings is 2. The van der Waals surface area contributed by atoms with Gasteiger partial charge in [0, 0.05) is 18.3 Å². The summed E-state index contributed by atoms with van der Waals surface area (Å²) < 4.78 is 7.00. The molecule has 1 aliphatic heterocycles. The van der Waals surface area contributed by atoms with Crippen molar-refractivity contribution in [2.24, 2.45) is 0 Å². The predicted octanol–water partition coefficient (Wildman–Crippen LogP) is 2.21. The standard InChI is InChI=1S/C15H13N3O4/c1-15(2)8-12(11-4-3-7-16-14(11)22-15)17-9-10(18(20)21)5-6-13(17)19/h3-9H,1-2H3. The molecule has 3 heterocycles. The molecule has 0 atom stereocenters. The van der Waals surface area contributed by atoms with Gasteiger partial charge in [0.25, 0.3) is 11.2 Å². The summed E-state index contributed by atoms with van der Waals surface area (Å²) in [6, 6.07) is 5.84. The molecular formula is C15H13N3O4. The van der Waals surface area contributed by atoms with Gasteiger partial charge in [0.05, 0.1) is 22.4 Å². The van der Waals surface area contributed by atoms with Crippen LogP contribution in [0.15, 0.2) is 47.5 Å². The largest absolute Gasteiger partial charge is 0.467 e. The van der Waals surface area contributed by atoms with Crippen LogP contribution in [0.3, 0.4) is 0 Å². The summed E-state index contributed by atoms with van der Waals surface area (Å²) >= 11 is 0. The second-order valence-corrected chi connectivity index (χ2v) is 5.44. The zero-order valence-corrected chi connectivity index (χ0v) is 12.0. The summed E-state index contributed by atoms with van der Waals surface area (Å²) in [6.07, 6.45) is 4.56. The van der Waals surface area contributed by atoms with Crippen molar-refractivity contribution in [2.75, 3.05) is 0 Å². The molecule has 0 aliphatic carbocycles. The molecule has 1 aliphatic rings. The molecular weight excluding hydrogens is 286 g/mol. The molecule has 0 saturated carbocycles. The van der Waals surface area contributed by atoms with Crippen molar-refractivity contribution >= 4 is 11.4 Å². The first kappa shape index (κ1) is 14.0. The van der Waals surface area contributed by atoms with E-state index in [0.29, 0.717) is 17.1 Å². The molecule has 0 bridgehead atoms. The molecule has 7 nitrogen and oxygen atoms in total. The van der Waals surface area contributed by atoms with Crippen LogP contribution in [0.4, 0.5) is 5.69 Å². The fraction of sp³-hybridized carbons (Fsp3) is 0.200. The monoisotopic (exact) mass is 299 g/mol. The topological polar surface area (TPSA) is 87.3 Å². The molecule has 2 aromatic heterocycles. The van der Waals surface area contributed by atoms with Crippen molar-refractivity contribution in [3.05, 3.63) is 68.8 Å². The molecule has 0 fully saturated rings. The number of aromatic nitrogens is 2. The molecule has 22 heavy (non-hydrogen) atoms. The van der Waals surface area contributed by atoms with E-state index in [-0.39, 0.29) is 11.2 Å². The number of nitrogens with zero attached hydrogens (tertiary/aromatic N) is 3. The van der Waals surface area contributed by atoms with Gasteiger partial charge >= 0.3 is 0 Å². The Hall–Kier alpha value is -2.96. The van der Waals surface area contributed by atoms with Crippen LogP contribution in [0.25, 0.3) is 5.70 Å². The summed E-state index contributed by atoms with van der Waals surface area (Å²) in [5, 5.41) is 11.0. The van der Waals surface area contributed by atoms with Crippen molar-refractivity contribution in [2.45, 2.75) is 19.4 Å². The van der Waals surface area contributed by atoms with Crippen LogP contribution in [0.5, 0.6) is 5.88 Å². The van der Waals surface area contributed by atoms with Crippen molar-refractivity contribution < 1.29 is 9.66 Å². The highest BCUT2D eigenvalue weighted by Gasteiger charge is 2.29. The van der Waals surface area contributed by atoms with Gasteiger partial charge in [0.1, 0.15) is 5.60 Å². The van der Waals surface area contributed by atoms with Gasteiger partial charge in [0.2, 0.25) is 5.88 Å². The van der Waals surface area contributed by atoms with Crippen molar-refractivity contribution in [1.82, 2.24) is 9.55 Å². The average Bonchev–Trinajstić information content (AvgIpc) is 2.45. The van der Waals surface area contributed by atoms with Crippen LogP contribution in [-0.4, -0.2) is 20.1 Å². The number of ether oxygens (including phenoxy) is 1. The van der Waals surface area contributed by atoms with E-state index in [9.17, 15) is 14.9 Å². The van der Waals surface area contributed by atoms with E-state index >= 15 is 0 Å². The Morgan fingerprint density at radius 3 is 2.82 bits per heavy atom. The molecule has 7 heteroatoms. The molecule has 2 aromatic rings. The zero-order chi connectivity index (χ0) is 15.9. The van der Waals surface area contributed by atoms with Crippen LogP contribution in [0, 0.1) is 10.1 Å². The lowest BCUT2D eigenvalue weighted by Gasteiger charge is -2.30. The predicted molar refractivity (Wildman–Crippen MR) is 79.7 cm³/mol. The molecule has 0 spiro atoms. The maximum Gasteiger partial charge on any atom is 0.286 e. The van der Waals surface area contributed by atoms with E-state index in [1.54, 1.807) is 24.4 Å². The third kappa shape index (κ3) is 2.37. The third-order valence-electron chi connectivity index (χ3n) is 3.26. The minimum Gasteiger partial charge on any atom is -0.467 e. The van der Waals surface area contributed by atoms with Crippen LogP contribution in [0.1, 0.15) is 19.4 Å². The highest BCUT2D eigenvalue weighted by molar-refractivity contribution is 5.72. The third-order valence-corrected chi connectivity index (χ3v) is 3.26. The normalized spacial score (nSPS) is 15.5. The van der Waals surface area contributed by atoms with E-state index in [1.165, 1.54) is 22.9 Å². The number of hydrogen-bond donors (Lipinski definition) is 0. The van der Waals surface area contributed by atoms with E-state index in [4.69, 9.17) is 4.74 Å². The van der Waals surface area contributed by atoms with Gasteiger partial charge in [-0.15, -0.1) is 0 Å². The Morgan fingerprint density at radius 2 is 2.09 bits per heavy atom. The van der Waals surface area contributed by atoms with Crippen molar-refractivity contribution in [3.63, 3.8) is 0 Å². The minimum atomic E-state index is -0.680. The lowest BCUT2D eigenvalue weighted by atomic mass is 10.0. The maximum atomic E-state index is 12.2. The first-order valence-electron chi connectivity index (χ1n) is 6.62. The highest BCUT2D eigenvalue weighted by atomic mass is 16.6. The van der Waals surface area contributed by atoms with Gasteiger partial charge in [-0.05, 0) is 32.1 Å². The SMILES string of the molecule is CC1(C)C=C(n2cc([N+](=O)[O-])ccc2=O)c2cccnc2O1. The van der Waals surface area contributed by atoms with Gasteiger partial charge in [-0.3, -0.25) is 19.5 Å². The lowest BCUT2D eigenvalue weighted by molar-refractivity contribution is -0.385. The number of hydrogen-bond acceptors (Lipinski definition) is 5. The van der Waals surface area contributed by atoms with Crippen molar-refractivity contribution in [3.8, 4) is 5.88 Å². The Labute approximate surface area is 125 Å².